The Bertz CT molecular complexity index is 442. The number of carboxylic acid groups (broad SMARTS) is 1. The highest BCUT2D eigenvalue weighted by atomic mass is 19.4. The molecule has 0 bridgehead atoms. The molecule has 7 heteroatoms. The fraction of sp³-hybridized carbons (Fsp3) is 0.364. The van der Waals surface area contributed by atoms with E-state index in [-0.39, 0.29) is 12.0 Å². The molecule has 0 aliphatic carbocycles. The van der Waals surface area contributed by atoms with Crippen LogP contribution in [-0.2, 0) is 11.2 Å². The van der Waals surface area contributed by atoms with E-state index in [9.17, 15) is 23.1 Å². The van der Waals surface area contributed by atoms with Gasteiger partial charge in [0.2, 0.25) is 0 Å². The predicted octanol–water partition coefficient (Wildman–Crippen LogP) is 2.27. The van der Waals surface area contributed by atoms with Crippen LogP contribution in [-0.4, -0.2) is 22.5 Å². The van der Waals surface area contributed by atoms with E-state index in [1.165, 1.54) is 12.1 Å². The van der Waals surface area contributed by atoms with Gasteiger partial charge in [-0.1, -0.05) is 25.1 Å². The molecule has 0 aromatic heterocycles. The number of alkyl halides is 3. The zero-order valence-electron chi connectivity index (χ0n) is 9.36. The molecule has 4 nitrogen and oxygen atoms in total. The molecule has 0 saturated heterocycles. The Morgan fingerprint density at radius 2 is 2.06 bits per heavy atom. The van der Waals surface area contributed by atoms with Crippen LogP contribution in [0.2, 0.25) is 0 Å². The number of aliphatic hydroxyl groups excluding tert-OH is 1. The number of carbonyl (C=O) groups is 1. The molecule has 0 fully saturated rings. The predicted molar refractivity (Wildman–Crippen MR) is 55.1 cm³/mol. The molecule has 1 atom stereocenters. The molecule has 1 aromatic rings. The van der Waals surface area contributed by atoms with Gasteiger partial charge in [-0.3, -0.25) is 0 Å². The highest BCUT2D eigenvalue weighted by Crippen LogP contribution is 2.34. The van der Waals surface area contributed by atoms with Crippen molar-refractivity contribution in [2.45, 2.75) is 25.8 Å². The topological polar surface area (TPSA) is 66.8 Å². The second-order valence-electron chi connectivity index (χ2n) is 3.48. The third kappa shape index (κ3) is 3.36. The van der Waals surface area contributed by atoms with Crippen LogP contribution < -0.4 is 4.74 Å². The fourth-order valence-electron chi connectivity index (χ4n) is 1.47. The molecule has 1 unspecified atom stereocenters. The molecule has 0 saturated carbocycles. The van der Waals surface area contributed by atoms with E-state index >= 15 is 0 Å². The van der Waals surface area contributed by atoms with Gasteiger partial charge in [0, 0.05) is 5.56 Å². The molecule has 0 aliphatic heterocycles. The number of hydrogen-bond donors (Lipinski definition) is 2. The number of benzene rings is 1. The smallest absolute Gasteiger partial charge is 0.479 e. The van der Waals surface area contributed by atoms with Crippen LogP contribution in [0.5, 0.6) is 5.75 Å². The molecule has 0 spiro atoms. The quantitative estimate of drug-likeness (QED) is 0.875. The second kappa shape index (κ2) is 5.26. The van der Waals surface area contributed by atoms with Gasteiger partial charge in [0.1, 0.15) is 5.75 Å². The van der Waals surface area contributed by atoms with Gasteiger partial charge in [-0.25, -0.2) is 4.79 Å². The summed E-state index contributed by atoms with van der Waals surface area (Å²) in [4.78, 5) is 10.6. The average Bonchev–Trinajstić information content (AvgIpc) is 2.26. The number of aryl methyl sites for hydroxylation is 1. The van der Waals surface area contributed by atoms with Crippen molar-refractivity contribution in [1.29, 1.82) is 0 Å². The van der Waals surface area contributed by atoms with Crippen LogP contribution in [0.25, 0.3) is 0 Å². The maximum absolute atomic E-state index is 12.3. The number of aliphatic hydroxyl groups is 1. The Hall–Kier alpha value is -1.76. The van der Waals surface area contributed by atoms with E-state index in [2.05, 4.69) is 4.74 Å². The lowest BCUT2D eigenvalue weighted by atomic mass is 10.0. The average molecular weight is 264 g/mol. The number of aliphatic carboxylic acids is 1. The molecule has 0 heterocycles. The van der Waals surface area contributed by atoms with E-state index in [4.69, 9.17) is 5.11 Å². The van der Waals surface area contributed by atoms with Crippen molar-refractivity contribution in [3.8, 4) is 5.75 Å². The Morgan fingerprint density at radius 3 is 2.50 bits per heavy atom. The largest absolute Gasteiger partial charge is 0.573 e. The monoisotopic (exact) mass is 264 g/mol. The van der Waals surface area contributed by atoms with Crippen LogP contribution in [0, 0.1) is 0 Å². The van der Waals surface area contributed by atoms with Crippen LogP contribution >= 0.6 is 0 Å². The summed E-state index contributed by atoms with van der Waals surface area (Å²) in [5, 5.41) is 18.0. The first-order valence-corrected chi connectivity index (χ1v) is 5.04. The van der Waals surface area contributed by atoms with Gasteiger partial charge < -0.3 is 14.9 Å². The number of hydrogen-bond acceptors (Lipinski definition) is 3. The minimum atomic E-state index is -4.95. The number of ether oxygens (including phenoxy) is 1. The number of para-hydroxylation sites is 1. The molecular weight excluding hydrogens is 253 g/mol. The summed E-state index contributed by atoms with van der Waals surface area (Å²) in [6, 6.07) is 3.82. The Kier molecular flexibility index (Phi) is 4.18. The van der Waals surface area contributed by atoms with Gasteiger partial charge in [-0.2, -0.15) is 0 Å². The van der Waals surface area contributed by atoms with E-state index in [0.717, 1.165) is 6.07 Å². The third-order valence-corrected chi connectivity index (χ3v) is 2.25. The van der Waals surface area contributed by atoms with Gasteiger partial charge in [0.25, 0.3) is 0 Å². The molecule has 2 N–H and O–H groups in total. The summed E-state index contributed by atoms with van der Waals surface area (Å²) in [5.41, 5.74) is -0.246. The van der Waals surface area contributed by atoms with Crippen LogP contribution in [0.1, 0.15) is 24.2 Å². The molecule has 0 aliphatic rings. The summed E-state index contributed by atoms with van der Waals surface area (Å²) in [6.07, 6.45) is -6.79. The zero-order valence-corrected chi connectivity index (χ0v) is 9.36. The SMILES string of the molecule is CCc1cccc(C(O)C(=O)O)c1OC(F)(F)F. The molecular formula is C11H11F3O4. The normalized spacial score (nSPS) is 13.2. The minimum absolute atomic E-state index is 0.171. The van der Waals surface area contributed by atoms with Crippen molar-refractivity contribution in [2.75, 3.05) is 0 Å². The molecule has 100 valence electrons. The van der Waals surface area contributed by atoms with Gasteiger partial charge in [-0.05, 0) is 12.0 Å². The lowest BCUT2D eigenvalue weighted by Crippen LogP contribution is -2.21. The van der Waals surface area contributed by atoms with Crippen molar-refractivity contribution < 1.29 is 32.9 Å². The molecule has 1 rings (SSSR count). The van der Waals surface area contributed by atoms with Crippen molar-refractivity contribution in [2.24, 2.45) is 0 Å². The summed E-state index contributed by atoms with van der Waals surface area (Å²) < 4.78 is 40.6. The van der Waals surface area contributed by atoms with Crippen LogP contribution in [0.4, 0.5) is 13.2 Å². The first-order chi connectivity index (χ1) is 8.26. The van der Waals surface area contributed by atoms with Crippen molar-refractivity contribution in [3.05, 3.63) is 29.3 Å². The van der Waals surface area contributed by atoms with E-state index in [0.29, 0.717) is 0 Å². The summed E-state index contributed by atoms with van der Waals surface area (Å²) in [5.74, 6) is -2.29. The molecule has 0 radical (unpaired) electrons. The zero-order chi connectivity index (χ0) is 13.9. The minimum Gasteiger partial charge on any atom is -0.479 e. The van der Waals surface area contributed by atoms with Gasteiger partial charge >= 0.3 is 12.3 Å². The van der Waals surface area contributed by atoms with Crippen molar-refractivity contribution in [1.82, 2.24) is 0 Å². The standard InChI is InChI=1S/C11H11F3O4/c1-2-6-4-3-5-7(8(15)10(16)17)9(6)18-11(12,13)14/h3-5,8,15H,2H2,1H3,(H,16,17). The fourth-order valence-corrected chi connectivity index (χ4v) is 1.47. The lowest BCUT2D eigenvalue weighted by Gasteiger charge is -2.17. The van der Waals surface area contributed by atoms with Gasteiger partial charge in [0.15, 0.2) is 6.10 Å². The summed E-state index contributed by atoms with van der Waals surface area (Å²) in [7, 11) is 0. The van der Waals surface area contributed by atoms with E-state index in [1.54, 1.807) is 6.92 Å². The van der Waals surface area contributed by atoms with E-state index < -0.39 is 29.7 Å². The summed E-state index contributed by atoms with van der Waals surface area (Å²) in [6.45, 7) is 1.59. The number of rotatable bonds is 4. The van der Waals surface area contributed by atoms with Gasteiger partial charge in [-0.15, -0.1) is 13.2 Å². The number of halogens is 3. The Labute approximate surface area is 101 Å². The van der Waals surface area contributed by atoms with Crippen molar-refractivity contribution in [3.63, 3.8) is 0 Å². The van der Waals surface area contributed by atoms with Crippen LogP contribution in [0.3, 0.4) is 0 Å². The maximum atomic E-state index is 12.3. The number of carboxylic acids is 1. The molecule has 1 aromatic carbocycles. The second-order valence-corrected chi connectivity index (χ2v) is 3.48. The van der Waals surface area contributed by atoms with Gasteiger partial charge in [0.05, 0.1) is 0 Å². The maximum Gasteiger partial charge on any atom is 0.573 e. The lowest BCUT2D eigenvalue weighted by molar-refractivity contribution is -0.275. The molecule has 18 heavy (non-hydrogen) atoms. The first-order valence-electron chi connectivity index (χ1n) is 5.04. The van der Waals surface area contributed by atoms with Crippen LogP contribution in [0.15, 0.2) is 18.2 Å². The van der Waals surface area contributed by atoms with Crippen molar-refractivity contribution >= 4 is 5.97 Å². The summed E-state index contributed by atoms with van der Waals surface area (Å²) >= 11 is 0. The highest BCUT2D eigenvalue weighted by molar-refractivity contribution is 5.75. The third-order valence-electron chi connectivity index (χ3n) is 2.25. The highest BCUT2D eigenvalue weighted by Gasteiger charge is 2.34. The first kappa shape index (κ1) is 14.3. The molecule has 0 amide bonds. The van der Waals surface area contributed by atoms with E-state index in [1.807, 2.05) is 0 Å². The Morgan fingerprint density at radius 1 is 1.44 bits per heavy atom. The Balaban J connectivity index is 3.29.